The normalized spacial score (nSPS) is 18.2. The van der Waals surface area contributed by atoms with E-state index in [1.165, 1.54) is 0 Å². The quantitative estimate of drug-likeness (QED) is 0.190. The minimum atomic E-state index is -1.33. The minimum Gasteiger partial charge on any atom is -0.481 e. The summed E-state index contributed by atoms with van der Waals surface area (Å²) in [6.07, 6.45) is 0.649. The highest BCUT2D eigenvalue weighted by molar-refractivity contribution is 5.94. The summed E-state index contributed by atoms with van der Waals surface area (Å²) in [6.45, 7) is -0.770. The SMILES string of the molecule is O=C(O)CCC(NC(=O)C(CO)NC(=O)C1CCCN1)C(=O)NCC(=O)O. The molecule has 0 radical (unpaired) electrons. The zero-order chi connectivity index (χ0) is 20.4. The number of carboxylic acid groups (broad SMARTS) is 2. The molecular weight excluding hydrogens is 364 g/mol. The topological polar surface area (TPSA) is 194 Å². The lowest BCUT2D eigenvalue weighted by Gasteiger charge is -2.22. The fraction of sp³-hybridized carbons (Fsp3) is 0.667. The fourth-order valence-electron chi connectivity index (χ4n) is 2.47. The van der Waals surface area contributed by atoms with Crippen molar-refractivity contribution >= 4 is 29.7 Å². The van der Waals surface area contributed by atoms with Gasteiger partial charge in [0.2, 0.25) is 17.7 Å². The van der Waals surface area contributed by atoms with Gasteiger partial charge in [-0.2, -0.15) is 0 Å². The van der Waals surface area contributed by atoms with E-state index in [0.717, 1.165) is 6.42 Å². The van der Waals surface area contributed by atoms with Crippen LogP contribution in [0.4, 0.5) is 0 Å². The second-order valence-corrected chi connectivity index (χ2v) is 6.00. The van der Waals surface area contributed by atoms with Crippen LogP contribution in [0.15, 0.2) is 0 Å². The average molecular weight is 388 g/mol. The summed E-state index contributed by atoms with van der Waals surface area (Å²) in [7, 11) is 0. The van der Waals surface area contributed by atoms with Crippen LogP contribution in [-0.4, -0.2) is 82.8 Å². The Bertz CT molecular complexity index is 576. The van der Waals surface area contributed by atoms with E-state index in [2.05, 4.69) is 16.0 Å². The lowest BCUT2D eigenvalue weighted by atomic mass is 10.1. The molecule has 0 bridgehead atoms. The largest absolute Gasteiger partial charge is 0.481 e. The van der Waals surface area contributed by atoms with E-state index in [0.29, 0.717) is 13.0 Å². The molecule has 152 valence electrons. The molecule has 0 spiro atoms. The molecule has 1 rings (SSSR count). The first-order chi connectivity index (χ1) is 12.7. The van der Waals surface area contributed by atoms with Crippen LogP contribution in [0.25, 0.3) is 0 Å². The second-order valence-electron chi connectivity index (χ2n) is 6.00. The number of aliphatic hydroxyl groups excluding tert-OH is 1. The van der Waals surface area contributed by atoms with E-state index in [-0.39, 0.29) is 6.42 Å². The Morgan fingerprint density at radius 1 is 1.00 bits per heavy atom. The van der Waals surface area contributed by atoms with Crippen molar-refractivity contribution in [2.45, 2.75) is 43.8 Å². The van der Waals surface area contributed by atoms with Gasteiger partial charge in [0.05, 0.1) is 12.6 Å². The lowest BCUT2D eigenvalue weighted by molar-refractivity contribution is -0.140. The molecular formula is C15H24N4O8. The summed E-state index contributed by atoms with van der Waals surface area (Å²) < 4.78 is 0. The Labute approximate surface area is 154 Å². The van der Waals surface area contributed by atoms with Crippen LogP contribution in [0.5, 0.6) is 0 Å². The van der Waals surface area contributed by atoms with E-state index in [4.69, 9.17) is 10.2 Å². The van der Waals surface area contributed by atoms with Crippen LogP contribution in [-0.2, 0) is 24.0 Å². The molecule has 3 atom stereocenters. The molecule has 1 fully saturated rings. The van der Waals surface area contributed by atoms with Crippen molar-refractivity contribution in [2.24, 2.45) is 0 Å². The molecule has 27 heavy (non-hydrogen) atoms. The van der Waals surface area contributed by atoms with Gasteiger partial charge < -0.3 is 36.6 Å². The summed E-state index contributed by atoms with van der Waals surface area (Å²) in [5, 5.41) is 36.3. The van der Waals surface area contributed by atoms with Crippen LogP contribution in [0, 0.1) is 0 Å². The molecule has 3 unspecified atom stereocenters. The van der Waals surface area contributed by atoms with Gasteiger partial charge in [-0.05, 0) is 25.8 Å². The molecule has 1 saturated heterocycles. The van der Waals surface area contributed by atoms with Gasteiger partial charge in [-0.3, -0.25) is 24.0 Å². The van der Waals surface area contributed by atoms with Crippen molar-refractivity contribution in [3.63, 3.8) is 0 Å². The van der Waals surface area contributed by atoms with Gasteiger partial charge in [-0.25, -0.2) is 0 Å². The number of rotatable bonds is 11. The lowest BCUT2D eigenvalue weighted by Crippen LogP contribution is -2.57. The molecule has 12 heteroatoms. The first-order valence-corrected chi connectivity index (χ1v) is 8.41. The third kappa shape index (κ3) is 8.00. The van der Waals surface area contributed by atoms with Crippen LogP contribution in [0.1, 0.15) is 25.7 Å². The molecule has 12 nitrogen and oxygen atoms in total. The maximum absolute atomic E-state index is 12.3. The zero-order valence-corrected chi connectivity index (χ0v) is 14.6. The van der Waals surface area contributed by atoms with Gasteiger partial charge in [0, 0.05) is 6.42 Å². The van der Waals surface area contributed by atoms with Crippen molar-refractivity contribution in [3.05, 3.63) is 0 Å². The molecule has 0 aliphatic carbocycles. The molecule has 3 amide bonds. The van der Waals surface area contributed by atoms with Crippen molar-refractivity contribution < 1.29 is 39.3 Å². The van der Waals surface area contributed by atoms with E-state index in [9.17, 15) is 29.1 Å². The minimum absolute atomic E-state index is 0.289. The summed E-state index contributed by atoms with van der Waals surface area (Å²) in [5.74, 6) is -4.76. The van der Waals surface area contributed by atoms with Gasteiger partial charge >= 0.3 is 11.9 Å². The maximum Gasteiger partial charge on any atom is 0.322 e. The summed E-state index contributed by atoms with van der Waals surface area (Å²) >= 11 is 0. The Hall–Kier alpha value is -2.73. The van der Waals surface area contributed by atoms with Gasteiger partial charge in [0.1, 0.15) is 18.6 Å². The average Bonchev–Trinajstić information content (AvgIpc) is 3.15. The third-order valence-corrected chi connectivity index (χ3v) is 3.89. The van der Waals surface area contributed by atoms with Gasteiger partial charge in [-0.1, -0.05) is 0 Å². The van der Waals surface area contributed by atoms with Crippen LogP contribution in [0.3, 0.4) is 0 Å². The van der Waals surface area contributed by atoms with Gasteiger partial charge in [-0.15, -0.1) is 0 Å². The van der Waals surface area contributed by atoms with Crippen molar-refractivity contribution in [1.82, 2.24) is 21.3 Å². The Morgan fingerprint density at radius 2 is 1.70 bits per heavy atom. The molecule has 1 aliphatic rings. The molecule has 1 heterocycles. The zero-order valence-electron chi connectivity index (χ0n) is 14.6. The number of aliphatic carboxylic acids is 2. The maximum atomic E-state index is 12.3. The number of hydrogen-bond donors (Lipinski definition) is 7. The Balaban J connectivity index is 2.69. The number of carboxylic acids is 2. The number of nitrogens with one attached hydrogen (secondary N) is 4. The van der Waals surface area contributed by atoms with Gasteiger partial charge in [0.25, 0.3) is 0 Å². The first-order valence-electron chi connectivity index (χ1n) is 8.41. The predicted molar refractivity (Wildman–Crippen MR) is 89.5 cm³/mol. The molecule has 0 saturated carbocycles. The first kappa shape index (κ1) is 22.3. The monoisotopic (exact) mass is 388 g/mol. The van der Waals surface area contributed by atoms with E-state index in [1.807, 2.05) is 5.32 Å². The standard InChI is InChI=1S/C15H24N4O8/c20-7-10(19-14(26)8-2-1-5-16-8)15(27)18-9(3-4-11(21)22)13(25)17-6-12(23)24/h8-10,16,20H,1-7H2,(H,17,25)(H,18,27)(H,19,26)(H,21,22)(H,23,24). The molecule has 1 aliphatic heterocycles. The Kier molecular flexibility index (Phi) is 9.16. The Morgan fingerprint density at radius 3 is 2.22 bits per heavy atom. The molecule has 7 N–H and O–H groups in total. The van der Waals surface area contributed by atoms with Crippen LogP contribution >= 0.6 is 0 Å². The summed E-state index contributed by atoms with van der Waals surface area (Å²) in [6, 6.07) is -3.14. The van der Waals surface area contributed by atoms with Crippen LogP contribution in [0.2, 0.25) is 0 Å². The molecule has 0 aromatic heterocycles. The summed E-state index contributed by atoms with van der Waals surface area (Å²) in [4.78, 5) is 57.6. The number of hydrogen-bond acceptors (Lipinski definition) is 7. The smallest absolute Gasteiger partial charge is 0.322 e. The predicted octanol–water partition coefficient (Wildman–Crippen LogP) is -3.23. The highest BCUT2D eigenvalue weighted by atomic mass is 16.4. The van der Waals surface area contributed by atoms with E-state index in [1.54, 1.807) is 0 Å². The van der Waals surface area contributed by atoms with Crippen LogP contribution < -0.4 is 21.3 Å². The van der Waals surface area contributed by atoms with Crippen molar-refractivity contribution in [1.29, 1.82) is 0 Å². The number of aliphatic hydroxyl groups is 1. The number of amides is 3. The summed E-state index contributed by atoms with van der Waals surface area (Å²) in [5.41, 5.74) is 0. The van der Waals surface area contributed by atoms with E-state index >= 15 is 0 Å². The molecule has 0 aromatic carbocycles. The fourth-order valence-corrected chi connectivity index (χ4v) is 2.47. The van der Waals surface area contributed by atoms with E-state index < -0.39 is 67.4 Å². The highest BCUT2D eigenvalue weighted by Gasteiger charge is 2.29. The highest BCUT2D eigenvalue weighted by Crippen LogP contribution is 2.05. The van der Waals surface area contributed by atoms with Gasteiger partial charge in [0.15, 0.2) is 0 Å². The third-order valence-electron chi connectivity index (χ3n) is 3.89. The second kappa shape index (κ2) is 11.1. The molecule has 0 aromatic rings. The van der Waals surface area contributed by atoms with Crippen molar-refractivity contribution in [2.75, 3.05) is 19.7 Å². The number of carbonyl (C=O) groups excluding carboxylic acids is 3. The van der Waals surface area contributed by atoms with Crippen molar-refractivity contribution in [3.8, 4) is 0 Å². The number of carbonyl (C=O) groups is 5.